The molecule has 2 aromatic carbocycles. The predicted octanol–water partition coefficient (Wildman–Crippen LogP) is 3.10. The van der Waals surface area contributed by atoms with Crippen molar-refractivity contribution in [2.75, 3.05) is 32.0 Å². The zero-order valence-electron chi connectivity index (χ0n) is 17.1. The third-order valence-corrected chi connectivity index (χ3v) is 7.12. The zero-order valence-corrected chi connectivity index (χ0v) is 17.9. The molecule has 0 aliphatic carbocycles. The van der Waals surface area contributed by atoms with Gasteiger partial charge in [-0.2, -0.15) is 0 Å². The van der Waals surface area contributed by atoms with E-state index in [0.717, 1.165) is 32.4 Å². The molecule has 1 aliphatic heterocycles. The fraction of sp³-hybridized carbons (Fsp3) is 0.409. The maximum atomic E-state index is 12.6. The van der Waals surface area contributed by atoms with Crippen molar-refractivity contribution in [1.29, 1.82) is 0 Å². The van der Waals surface area contributed by atoms with Gasteiger partial charge < -0.3 is 5.32 Å². The lowest BCUT2D eigenvalue weighted by Gasteiger charge is -2.28. The number of carbonyl (C=O) groups is 1. The van der Waals surface area contributed by atoms with Crippen molar-refractivity contribution in [3.63, 3.8) is 0 Å². The lowest BCUT2D eigenvalue weighted by Crippen LogP contribution is -2.37. The zero-order chi connectivity index (χ0) is 20.9. The van der Waals surface area contributed by atoms with E-state index in [-0.39, 0.29) is 10.8 Å². The molecule has 0 unspecified atom stereocenters. The van der Waals surface area contributed by atoms with Crippen LogP contribution in [0, 0.1) is 0 Å². The van der Waals surface area contributed by atoms with E-state index < -0.39 is 10.0 Å². The van der Waals surface area contributed by atoms with Gasteiger partial charge in [-0.05, 0) is 48.2 Å². The van der Waals surface area contributed by atoms with Crippen LogP contribution in [0.4, 0.5) is 5.69 Å². The van der Waals surface area contributed by atoms with Gasteiger partial charge in [-0.25, -0.2) is 12.7 Å². The molecule has 0 fully saturated rings. The monoisotopic (exact) mass is 415 g/mol. The molecule has 0 radical (unpaired) electrons. The minimum absolute atomic E-state index is 0.0972. The number of nitrogens with one attached hydrogen (secondary N) is 1. The summed E-state index contributed by atoms with van der Waals surface area (Å²) >= 11 is 0. The van der Waals surface area contributed by atoms with Crippen molar-refractivity contribution < 1.29 is 13.2 Å². The molecule has 0 spiro atoms. The fourth-order valence-corrected chi connectivity index (χ4v) is 4.69. The minimum atomic E-state index is -3.50. The molecule has 1 N–H and O–H groups in total. The molecule has 0 saturated heterocycles. The molecule has 1 heterocycles. The first-order valence-electron chi connectivity index (χ1n) is 10.1. The first-order valence-corrected chi connectivity index (χ1v) is 11.5. The average molecular weight is 416 g/mol. The van der Waals surface area contributed by atoms with Gasteiger partial charge in [0.1, 0.15) is 0 Å². The molecule has 156 valence electrons. The van der Waals surface area contributed by atoms with Crippen molar-refractivity contribution >= 4 is 21.6 Å². The van der Waals surface area contributed by atoms with Crippen LogP contribution in [0.3, 0.4) is 0 Å². The maximum Gasteiger partial charge on any atom is 0.242 e. The van der Waals surface area contributed by atoms with Crippen LogP contribution in [0.15, 0.2) is 53.4 Å². The number of hydrogen-bond acceptors (Lipinski definition) is 4. The fourth-order valence-electron chi connectivity index (χ4n) is 3.48. The van der Waals surface area contributed by atoms with Crippen LogP contribution in [0.2, 0.25) is 0 Å². The van der Waals surface area contributed by atoms with Crippen molar-refractivity contribution in [1.82, 2.24) is 9.21 Å². The Hall–Kier alpha value is -2.22. The molecule has 29 heavy (non-hydrogen) atoms. The number of unbranched alkanes of at least 4 members (excludes halogenated alkanes) is 1. The van der Waals surface area contributed by atoms with Crippen LogP contribution in [0.25, 0.3) is 0 Å². The summed E-state index contributed by atoms with van der Waals surface area (Å²) in [4.78, 5) is 14.8. The topological polar surface area (TPSA) is 69.7 Å². The third-order valence-electron chi connectivity index (χ3n) is 5.25. The highest BCUT2D eigenvalue weighted by Gasteiger charge is 2.21. The van der Waals surface area contributed by atoms with Crippen molar-refractivity contribution in [3.8, 4) is 0 Å². The number of nitrogens with zero attached hydrogens (tertiary/aromatic N) is 2. The van der Waals surface area contributed by atoms with Gasteiger partial charge in [-0.3, -0.25) is 9.69 Å². The predicted molar refractivity (Wildman–Crippen MR) is 115 cm³/mol. The Labute approximate surface area is 173 Å². The van der Waals surface area contributed by atoms with Gasteiger partial charge in [0, 0.05) is 32.4 Å². The number of carbonyl (C=O) groups excluding carboxylic acids is 1. The number of amides is 1. The number of anilines is 1. The van der Waals surface area contributed by atoms with E-state index in [4.69, 9.17) is 0 Å². The summed E-state index contributed by atoms with van der Waals surface area (Å²) < 4.78 is 26.5. The Kier molecular flexibility index (Phi) is 7.05. The SMILES string of the molecule is CCCCN(C)S(=O)(=O)c1ccc(NC(=O)CN2CCc3ccccc3C2)cc1. The van der Waals surface area contributed by atoms with Crippen molar-refractivity contribution in [2.24, 2.45) is 0 Å². The summed E-state index contributed by atoms with van der Waals surface area (Å²) in [5.74, 6) is -0.0972. The van der Waals surface area contributed by atoms with Gasteiger partial charge in [0.15, 0.2) is 0 Å². The van der Waals surface area contributed by atoms with Crippen LogP contribution >= 0.6 is 0 Å². The summed E-state index contributed by atoms with van der Waals surface area (Å²) in [6, 6.07) is 14.7. The first kappa shape index (κ1) is 21.5. The van der Waals surface area contributed by atoms with E-state index in [0.29, 0.717) is 18.8 Å². The van der Waals surface area contributed by atoms with E-state index in [1.165, 1.54) is 15.4 Å². The van der Waals surface area contributed by atoms with E-state index in [1.54, 1.807) is 31.3 Å². The molecule has 1 amide bonds. The van der Waals surface area contributed by atoms with Gasteiger partial charge in [-0.1, -0.05) is 37.6 Å². The van der Waals surface area contributed by atoms with E-state index in [2.05, 4.69) is 22.3 Å². The molecule has 2 aromatic rings. The first-order chi connectivity index (χ1) is 13.9. The van der Waals surface area contributed by atoms with Gasteiger partial charge >= 0.3 is 0 Å². The quantitative estimate of drug-likeness (QED) is 0.719. The lowest BCUT2D eigenvalue weighted by atomic mass is 10.00. The van der Waals surface area contributed by atoms with Crippen LogP contribution in [-0.4, -0.2) is 50.2 Å². The van der Waals surface area contributed by atoms with E-state index in [1.807, 2.05) is 19.1 Å². The van der Waals surface area contributed by atoms with Crippen molar-refractivity contribution in [2.45, 2.75) is 37.6 Å². The summed E-state index contributed by atoms with van der Waals surface area (Å²) in [6.45, 7) is 4.46. The molecule has 0 atom stereocenters. The molecule has 3 rings (SSSR count). The molecule has 1 aliphatic rings. The highest BCUT2D eigenvalue weighted by atomic mass is 32.2. The molecule has 0 saturated carbocycles. The second-order valence-corrected chi connectivity index (χ2v) is 9.53. The van der Waals surface area contributed by atoms with E-state index in [9.17, 15) is 13.2 Å². The smallest absolute Gasteiger partial charge is 0.242 e. The Bertz CT molecular complexity index is 942. The molecule has 7 heteroatoms. The standard InChI is InChI=1S/C22H29N3O3S/c1-3-4-14-24(2)29(27,28)21-11-9-20(10-12-21)23-22(26)17-25-15-13-18-7-5-6-8-19(18)16-25/h5-12H,3-4,13-17H2,1-2H3,(H,23,26). The van der Waals surface area contributed by atoms with E-state index >= 15 is 0 Å². The van der Waals surface area contributed by atoms with Crippen molar-refractivity contribution in [3.05, 3.63) is 59.7 Å². The lowest BCUT2D eigenvalue weighted by molar-refractivity contribution is -0.117. The largest absolute Gasteiger partial charge is 0.325 e. The molecule has 6 nitrogen and oxygen atoms in total. The summed E-state index contributed by atoms with van der Waals surface area (Å²) in [5.41, 5.74) is 3.22. The van der Waals surface area contributed by atoms with Gasteiger partial charge in [-0.15, -0.1) is 0 Å². The molecular weight excluding hydrogens is 386 g/mol. The average Bonchev–Trinajstić information content (AvgIpc) is 2.72. The number of hydrogen-bond donors (Lipinski definition) is 1. The number of sulfonamides is 1. The molecular formula is C22H29N3O3S. The van der Waals surface area contributed by atoms with Crippen LogP contribution in [-0.2, 0) is 27.8 Å². The number of fused-ring (bicyclic) bond motifs is 1. The summed E-state index contributed by atoms with van der Waals surface area (Å²) in [7, 11) is -1.90. The van der Waals surface area contributed by atoms with Gasteiger partial charge in [0.05, 0.1) is 11.4 Å². The molecule has 0 bridgehead atoms. The Balaban J connectivity index is 1.56. The van der Waals surface area contributed by atoms with Gasteiger partial charge in [0.2, 0.25) is 15.9 Å². The Morgan fingerprint density at radius 1 is 1.10 bits per heavy atom. The van der Waals surface area contributed by atoms with Crippen LogP contribution in [0.5, 0.6) is 0 Å². The number of rotatable bonds is 8. The third kappa shape index (κ3) is 5.44. The Morgan fingerprint density at radius 2 is 1.79 bits per heavy atom. The highest BCUT2D eigenvalue weighted by Crippen LogP contribution is 2.20. The van der Waals surface area contributed by atoms with Crippen LogP contribution in [0.1, 0.15) is 30.9 Å². The highest BCUT2D eigenvalue weighted by molar-refractivity contribution is 7.89. The summed E-state index contributed by atoms with van der Waals surface area (Å²) in [6.07, 6.45) is 2.71. The maximum absolute atomic E-state index is 12.6. The Morgan fingerprint density at radius 3 is 2.48 bits per heavy atom. The number of benzene rings is 2. The normalized spacial score (nSPS) is 14.6. The summed E-state index contributed by atoms with van der Waals surface area (Å²) in [5, 5.41) is 2.87. The molecule has 0 aromatic heterocycles. The minimum Gasteiger partial charge on any atom is -0.325 e. The second kappa shape index (κ2) is 9.52. The van der Waals surface area contributed by atoms with Gasteiger partial charge in [0.25, 0.3) is 0 Å². The van der Waals surface area contributed by atoms with Crippen LogP contribution < -0.4 is 5.32 Å². The second-order valence-electron chi connectivity index (χ2n) is 7.48.